The van der Waals surface area contributed by atoms with Gasteiger partial charge in [0.15, 0.2) is 6.10 Å². The molecule has 1 saturated carbocycles. The number of carbonyl (C=O) groups excluding carboxylic acids is 4. The van der Waals surface area contributed by atoms with E-state index < -0.39 is 24.0 Å². The third kappa shape index (κ3) is 6.43. The van der Waals surface area contributed by atoms with Gasteiger partial charge in [0.05, 0.1) is 5.92 Å². The zero-order valence-electron chi connectivity index (χ0n) is 17.0. The molecular weight excluding hydrogens is 386 g/mol. The van der Waals surface area contributed by atoms with Crippen molar-refractivity contribution in [3.05, 3.63) is 42.0 Å². The van der Waals surface area contributed by atoms with Gasteiger partial charge in [-0.2, -0.15) is 0 Å². The lowest BCUT2D eigenvalue weighted by atomic mass is 9.97. The molecule has 0 spiro atoms. The van der Waals surface area contributed by atoms with Crippen molar-refractivity contribution in [1.82, 2.24) is 15.5 Å². The standard InChI is InChI=1S/C22H27N3O5/c1-15(20(27)24-22(29)23-18-8-9-18)30-21(28)17-11-13-25(14-12-17)19(26)10-7-16-5-3-2-4-6-16/h2-7,10,15,17-18H,8-9,11-14H2,1H3,(H2,23,24,27,29)/b10-7+. The molecule has 1 aromatic rings. The predicted octanol–water partition coefficient (Wildman–Crippen LogP) is 1.86. The fourth-order valence-electron chi connectivity index (χ4n) is 3.16. The van der Waals surface area contributed by atoms with Gasteiger partial charge in [-0.15, -0.1) is 0 Å². The summed E-state index contributed by atoms with van der Waals surface area (Å²) in [6.45, 7) is 2.33. The third-order valence-corrected chi connectivity index (χ3v) is 5.17. The molecule has 1 aliphatic carbocycles. The largest absolute Gasteiger partial charge is 0.452 e. The van der Waals surface area contributed by atoms with E-state index in [1.807, 2.05) is 30.3 Å². The van der Waals surface area contributed by atoms with Crippen LogP contribution in [0.3, 0.4) is 0 Å². The summed E-state index contributed by atoms with van der Waals surface area (Å²) in [5, 5.41) is 4.82. The molecule has 1 atom stereocenters. The predicted molar refractivity (Wildman–Crippen MR) is 110 cm³/mol. The second-order valence-corrected chi connectivity index (χ2v) is 7.66. The minimum atomic E-state index is -1.06. The van der Waals surface area contributed by atoms with Gasteiger partial charge < -0.3 is 15.0 Å². The smallest absolute Gasteiger partial charge is 0.321 e. The van der Waals surface area contributed by atoms with Crippen LogP contribution in [0.2, 0.25) is 0 Å². The van der Waals surface area contributed by atoms with Gasteiger partial charge in [-0.1, -0.05) is 30.3 Å². The maximum absolute atomic E-state index is 12.4. The average Bonchev–Trinajstić information content (AvgIpc) is 3.56. The summed E-state index contributed by atoms with van der Waals surface area (Å²) in [6.07, 6.45) is 5.01. The van der Waals surface area contributed by atoms with E-state index in [2.05, 4.69) is 10.6 Å². The molecule has 3 rings (SSSR count). The van der Waals surface area contributed by atoms with Gasteiger partial charge in [-0.3, -0.25) is 19.7 Å². The number of likely N-dealkylation sites (tertiary alicyclic amines) is 1. The molecule has 30 heavy (non-hydrogen) atoms. The number of amides is 4. The van der Waals surface area contributed by atoms with Crippen molar-refractivity contribution in [3.8, 4) is 0 Å². The molecule has 2 N–H and O–H groups in total. The number of urea groups is 1. The van der Waals surface area contributed by atoms with Crippen LogP contribution in [0.4, 0.5) is 4.79 Å². The highest BCUT2D eigenvalue weighted by atomic mass is 16.5. The molecular formula is C22H27N3O5. The summed E-state index contributed by atoms with van der Waals surface area (Å²) in [7, 11) is 0. The molecule has 160 valence electrons. The molecule has 1 aromatic carbocycles. The molecule has 2 aliphatic rings. The first-order valence-electron chi connectivity index (χ1n) is 10.3. The van der Waals surface area contributed by atoms with Crippen molar-refractivity contribution in [2.45, 2.75) is 44.8 Å². The van der Waals surface area contributed by atoms with Crippen LogP contribution >= 0.6 is 0 Å². The van der Waals surface area contributed by atoms with Crippen LogP contribution < -0.4 is 10.6 Å². The molecule has 1 saturated heterocycles. The Morgan fingerprint density at radius 3 is 2.37 bits per heavy atom. The van der Waals surface area contributed by atoms with Crippen LogP contribution in [0.1, 0.15) is 38.2 Å². The number of rotatable bonds is 6. The number of esters is 1. The number of imide groups is 1. The highest BCUT2D eigenvalue weighted by Crippen LogP contribution is 2.20. The summed E-state index contributed by atoms with van der Waals surface area (Å²) in [6, 6.07) is 9.12. The maximum Gasteiger partial charge on any atom is 0.321 e. The van der Waals surface area contributed by atoms with Crippen LogP contribution in [0.5, 0.6) is 0 Å². The molecule has 8 heteroatoms. The van der Waals surface area contributed by atoms with Gasteiger partial charge in [0, 0.05) is 25.2 Å². The minimum absolute atomic E-state index is 0.0971. The Balaban J connectivity index is 1.39. The minimum Gasteiger partial charge on any atom is -0.452 e. The highest BCUT2D eigenvalue weighted by Gasteiger charge is 2.31. The summed E-state index contributed by atoms with van der Waals surface area (Å²) >= 11 is 0. The van der Waals surface area contributed by atoms with Crippen LogP contribution in [0, 0.1) is 5.92 Å². The van der Waals surface area contributed by atoms with E-state index in [1.165, 1.54) is 13.0 Å². The Morgan fingerprint density at radius 2 is 1.73 bits per heavy atom. The van der Waals surface area contributed by atoms with Gasteiger partial charge in [0.2, 0.25) is 5.91 Å². The van der Waals surface area contributed by atoms with E-state index in [4.69, 9.17) is 4.74 Å². The highest BCUT2D eigenvalue weighted by molar-refractivity contribution is 5.97. The summed E-state index contributed by atoms with van der Waals surface area (Å²) < 4.78 is 5.23. The topological polar surface area (TPSA) is 105 Å². The molecule has 2 fully saturated rings. The first-order valence-corrected chi connectivity index (χ1v) is 10.3. The normalized spacial score (nSPS) is 18.0. The lowest BCUT2D eigenvalue weighted by Gasteiger charge is -2.30. The third-order valence-electron chi connectivity index (χ3n) is 5.17. The van der Waals surface area contributed by atoms with Gasteiger partial charge >= 0.3 is 12.0 Å². The molecule has 8 nitrogen and oxygen atoms in total. The fraction of sp³-hybridized carbons (Fsp3) is 0.455. The first kappa shape index (κ1) is 21.5. The average molecular weight is 413 g/mol. The Bertz CT molecular complexity index is 811. The molecule has 0 radical (unpaired) electrons. The van der Waals surface area contributed by atoms with Gasteiger partial charge in [0.1, 0.15) is 0 Å². The van der Waals surface area contributed by atoms with Crippen molar-refractivity contribution in [3.63, 3.8) is 0 Å². The fourth-order valence-corrected chi connectivity index (χ4v) is 3.16. The number of hydrogen-bond acceptors (Lipinski definition) is 5. The number of hydrogen-bond donors (Lipinski definition) is 2. The monoisotopic (exact) mass is 413 g/mol. The number of nitrogens with zero attached hydrogens (tertiary/aromatic N) is 1. The van der Waals surface area contributed by atoms with Crippen molar-refractivity contribution in [2.75, 3.05) is 13.1 Å². The number of benzene rings is 1. The number of piperidine rings is 1. The first-order chi connectivity index (χ1) is 14.4. The zero-order chi connectivity index (χ0) is 21.5. The second kappa shape index (κ2) is 10.0. The second-order valence-electron chi connectivity index (χ2n) is 7.66. The van der Waals surface area contributed by atoms with Crippen LogP contribution in [0.25, 0.3) is 6.08 Å². The van der Waals surface area contributed by atoms with Crippen molar-refractivity contribution < 1.29 is 23.9 Å². The van der Waals surface area contributed by atoms with E-state index in [9.17, 15) is 19.2 Å². The van der Waals surface area contributed by atoms with Gasteiger partial charge in [0.25, 0.3) is 5.91 Å². The van der Waals surface area contributed by atoms with Crippen molar-refractivity contribution in [1.29, 1.82) is 0 Å². The van der Waals surface area contributed by atoms with E-state index in [-0.39, 0.29) is 17.9 Å². The van der Waals surface area contributed by atoms with Crippen molar-refractivity contribution >= 4 is 29.9 Å². The summed E-state index contributed by atoms with van der Waals surface area (Å²) in [5.74, 6) is -1.60. The number of nitrogens with one attached hydrogen (secondary N) is 2. The zero-order valence-corrected chi connectivity index (χ0v) is 17.0. The van der Waals surface area contributed by atoms with Gasteiger partial charge in [-0.25, -0.2) is 4.79 Å². The van der Waals surface area contributed by atoms with Crippen LogP contribution in [0.15, 0.2) is 36.4 Å². The van der Waals surface area contributed by atoms with E-state index >= 15 is 0 Å². The van der Waals surface area contributed by atoms with E-state index in [0.29, 0.717) is 25.9 Å². The Hall–Kier alpha value is -3.16. The van der Waals surface area contributed by atoms with E-state index in [0.717, 1.165) is 18.4 Å². The quantitative estimate of drug-likeness (QED) is 0.547. The van der Waals surface area contributed by atoms with Gasteiger partial charge in [-0.05, 0) is 44.2 Å². The maximum atomic E-state index is 12.4. The van der Waals surface area contributed by atoms with Crippen LogP contribution in [-0.4, -0.2) is 54.0 Å². The summed E-state index contributed by atoms with van der Waals surface area (Å²) in [4.78, 5) is 50.0. The van der Waals surface area contributed by atoms with E-state index in [1.54, 1.807) is 11.0 Å². The lowest BCUT2D eigenvalue weighted by molar-refractivity contribution is -0.160. The molecule has 1 heterocycles. The SMILES string of the molecule is CC(OC(=O)C1CCN(C(=O)/C=C/c2ccccc2)CC1)C(=O)NC(=O)NC1CC1. The Morgan fingerprint density at radius 1 is 1.07 bits per heavy atom. The lowest BCUT2D eigenvalue weighted by Crippen LogP contribution is -2.46. The molecule has 4 amide bonds. The molecule has 0 aromatic heterocycles. The van der Waals surface area contributed by atoms with Crippen molar-refractivity contribution in [2.24, 2.45) is 5.92 Å². The Kier molecular flexibility index (Phi) is 7.21. The molecule has 1 aliphatic heterocycles. The summed E-state index contributed by atoms with van der Waals surface area (Å²) in [5.41, 5.74) is 0.947. The van der Waals surface area contributed by atoms with Crippen LogP contribution in [-0.2, 0) is 19.1 Å². The number of carbonyl (C=O) groups is 4. The molecule has 0 bridgehead atoms. The molecule has 1 unspecified atom stereocenters. The number of ether oxygens (including phenoxy) is 1. The Labute approximate surface area is 175 Å².